The topological polar surface area (TPSA) is 219 Å². The Balaban J connectivity index is 1.49. The van der Waals surface area contributed by atoms with E-state index in [1.165, 1.54) is 39.2 Å². The van der Waals surface area contributed by atoms with Gasteiger partial charge in [0.2, 0.25) is 17.8 Å². The molecule has 6 N–H and O–H groups in total. The van der Waals surface area contributed by atoms with Crippen molar-refractivity contribution >= 4 is 55.9 Å². The number of carbonyl (C=O) groups excluding carboxylic acids is 3. The number of nitrogens with zero attached hydrogens (tertiary/aromatic N) is 1. The summed E-state index contributed by atoms with van der Waals surface area (Å²) in [6.07, 6.45) is -7.82. The van der Waals surface area contributed by atoms with E-state index in [0.29, 0.717) is 33.7 Å². The van der Waals surface area contributed by atoms with E-state index >= 15 is 0 Å². The number of esters is 1. The molecule has 264 valence electrons. The van der Waals surface area contributed by atoms with Gasteiger partial charge in [-0.05, 0) is 31.0 Å². The van der Waals surface area contributed by atoms with E-state index in [9.17, 15) is 34.8 Å². The molecule has 4 heterocycles. The maximum absolute atomic E-state index is 14.4. The third-order valence-electron chi connectivity index (χ3n) is 9.11. The molecule has 17 heteroatoms. The molecule has 0 saturated carbocycles. The van der Waals surface area contributed by atoms with Crippen LogP contribution < -0.4 is 29.2 Å². The Bertz CT molecular complexity index is 1830. The summed E-state index contributed by atoms with van der Waals surface area (Å²) in [5.74, 6) is -1.09. The Kier molecular flexibility index (Phi) is 9.18. The van der Waals surface area contributed by atoms with E-state index in [-0.39, 0.29) is 46.2 Å². The van der Waals surface area contributed by atoms with E-state index in [1.807, 2.05) is 0 Å². The van der Waals surface area contributed by atoms with E-state index in [0.717, 1.165) is 7.11 Å². The number of hydrogen-bond acceptors (Lipinski definition) is 14. The number of fused-ring (bicyclic) bond motifs is 4. The van der Waals surface area contributed by atoms with Gasteiger partial charge in [0, 0.05) is 22.8 Å². The average molecular weight is 751 g/mol. The van der Waals surface area contributed by atoms with Crippen molar-refractivity contribution in [2.75, 3.05) is 51.8 Å². The number of hydrogen-bond donors (Lipinski definition) is 6. The molecular weight excluding hydrogens is 714 g/mol. The molecule has 7 atom stereocenters. The first-order valence-corrected chi connectivity index (χ1v) is 16.1. The van der Waals surface area contributed by atoms with Gasteiger partial charge in [-0.3, -0.25) is 9.59 Å². The largest absolute Gasteiger partial charge is 0.493 e. The van der Waals surface area contributed by atoms with Gasteiger partial charge in [-0.25, -0.2) is 4.79 Å². The molecule has 0 radical (unpaired) electrons. The van der Waals surface area contributed by atoms with Crippen molar-refractivity contribution in [3.8, 4) is 23.0 Å². The van der Waals surface area contributed by atoms with Crippen molar-refractivity contribution < 1.29 is 63.2 Å². The number of anilines is 2. The standard InChI is InChI=1S/C32H36BrN3O13/c1-32(31(43)47-5)28(41)20-14-8-13(33)10-36(29(42)15-6-12-7-18(44-2)26(45-3)27(46-4)21(12)34-15)16(14)9-17(22(20)35-32)48-30-25(40)24(39)23(38)19(11-37)49-30/h6-7,9,13,19,23-25,30,34-35,37-40H,8,10-11H2,1-5H3/t13-,19+,23+,24-,25+,30+,32+/m0/s1. The number of ether oxygens (including phenoxy) is 6. The average Bonchev–Trinajstić information content (AvgIpc) is 3.65. The van der Waals surface area contributed by atoms with Crippen LogP contribution in [0.4, 0.5) is 11.4 Å². The van der Waals surface area contributed by atoms with Crippen LogP contribution in [0, 0.1) is 0 Å². The summed E-state index contributed by atoms with van der Waals surface area (Å²) in [7, 11) is 5.54. The summed E-state index contributed by atoms with van der Waals surface area (Å²) in [4.78, 5) is 45.6. The number of aromatic nitrogens is 1. The highest BCUT2D eigenvalue weighted by atomic mass is 79.9. The fourth-order valence-electron chi connectivity index (χ4n) is 6.57. The number of ketones is 1. The first-order chi connectivity index (χ1) is 23.3. The number of carbonyl (C=O) groups is 3. The van der Waals surface area contributed by atoms with Crippen LogP contribution in [0.5, 0.6) is 23.0 Å². The van der Waals surface area contributed by atoms with Gasteiger partial charge in [-0.15, -0.1) is 0 Å². The normalized spacial score (nSPS) is 27.6. The number of Topliss-reactive ketones (excluding diaryl/α,β-unsaturated/α-hetero) is 1. The van der Waals surface area contributed by atoms with E-state index in [1.54, 1.807) is 12.1 Å². The van der Waals surface area contributed by atoms with Gasteiger partial charge in [-0.1, -0.05) is 15.9 Å². The van der Waals surface area contributed by atoms with Crippen molar-refractivity contribution in [2.45, 2.75) is 54.4 Å². The van der Waals surface area contributed by atoms with E-state index < -0.39 is 60.5 Å². The van der Waals surface area contributed by atoms with Crippen molar-refractivity contribution in [1.29, 1.82) is 0 Å². The second-order valence-electron chi connectivity index (χ2n) is 12.0. The van der Waals surface area contributed by atoms with Crippen LogP contribution in [0.2, 0.25) is 0 Å². The minimum absolute atomic E-state index is 0.0553. The number of amides is 1. The molecule has 6 rings (SSSR count). The first-order valence-electron chi connectivity index (χ1n) is 15.2. The molecule has 16 nitrogen and oxygen atoms in total. The molecular formula is C32H36BrN3O13. The Morgan fingerprint density at radius 2 is 1.73 bits per heavy atom. The zero-order valence-electron chi connectivity index (χ0n) is 27.1. The number of H-pyrrole nitrogens is 1. The predicted molar refractivity (Wildman–Crippen MR) is 175 cm³/mol. The van der Waals surface area contributed by atoms with Crippen LogP contribution in [0.15, 0.2) is 18.2 Å². The lowest BCUT2D eigenvalue weighted by molar-refractivity contribution is -0.277. The van der Waals surface area contributed by atoms with Gasteiger partial charge in [0.05, 0.1) is 57.5 Å². The van der Waals surface area contributed by atoms with Gasteiger partial charge in [0.1, 0.15) is 35.9 Å². The monoisotopic (exact) mass is 749 g/mol. The van der Waals surface area contributed by atoms with Gasteiger partial charge in [0.15, 0.2) is 17.0 Å². The molecule has 1 fully saturated rings. The molecule has 1 amide bonds. The molecule has 0 spiro atoms. The molecule has 49 heavy (non-hydrogen) atoms. The van der Waals surface area contributed by atoms with Gasteiger partial charge in [0.25, 0.3) is 5.91 Å². The minimum Gasteiger partial charge on any atom is -0.493 e. The van der Waals surface area contributed by atoms with Crippen LogP contribution in [0.3, 0.4) is 0 Å². The Labute approximate surface area is 287 Å². The van der Waals surface area contributed by atoms with Gasteiger partial charge >= 0.3 is 5.97 Å². The van der Waals surface area contributed by atoms with E-state index in [4.69, 9.17) is 28.4 Å². The maximum Gasteiger partial charge on any atom is 0.339 e. The second kappa shape index (κ2) is 13.0. The van der Waals surface area contributed by atoms with Crippen LogP contribution in [0.25, 0.3) is 10.9 Å². The number of aromatic amines is 1. The number of aliphatic hydroxyl groups is 4. The summed E-state index contributed by atoms with van der Waals surface area (Å²) in [6, 6.07) is 4.78. The zero-order valence-corrected chi connectivity index (χ0v) is 28.7. The number of methoxy groups -OCH3 is 4. The molecule has 0 bridgehead atoms. The number of benzene rings is 2. The summed E-state index contributed by atoms with van der Waals surface area (Å²) in [5.41, 5.74) is -0.415. The van der Waals surface area contributed by atoms with Crippen molar-refractivity contribution in [1.82, 2.24) is 4.98 Å². The van der Waals surface area contributed by atoms with Crippen molar-refractivity contribution in [3.05, 3.63) is 35.0 Å². The number of alkyl halides is 1. The fraction of sp³-hybridized carbons (Fsp3) is 0.469. The quantitative estimate of drug-likeness (QED) is 0.107. The Morgan fingerprint density at radius 1 is 1.02 bits per heavy atom. The predicted octanol–water partition coefficient (Wildman–Crippen LogP) is 0.879. The van der Waals surface area contributed by atoms with E-state index in [2.05, 4.69) is 26.2 Å². The third kappa shape index (κ3) is 5.44. The van der Waals surface area contributed by atoms with Crippen LogP contribution >= 0.6 is 15.9 Å². The minimum atomic E-state index is -1.88. The van der Waals surface area contributed by atoms with Gasteiger partial charge in [-0.2, -0.15) is 0 Å². The molecule has 3 aromatic rings. The molecule has 1 aromatic heterocycles. The maximum atomic E-state index is 14.4. The van der Waals surface area contributed by atoms with Crippen LogP contribution in [0.1, 0.15) is 33.3 Å². The number of rotatable bonds is 8. The molecule has 3 aliphatic rings. The Morgan fingerprint density at radius 3 is 2.37 bits per heavy atom. The fourth-order valence-corrected chi connectivity index (χ4v) is 7.19. The van der Waals surface area contributed by atoms with Crippen molar-refractivity contribution in [2.24, 2.45) is 0 Å². The highest BCUT2D eigenvalue weighted by Crippen LogP contribution is 2.49. The molecule has 1 saturated heterocycles. The van der Waals surface area contributed by atoms with Gasteiger partial charge < -0.3 is 64.0 Å². The molecule has 0 unspecified atom stereocenters. The summed E-state index contributed by atoms with van der Waals surface area (Å²) >= 11 is 3.63. The van der Waals surface area contributed by atoms with Crippen LogP contribution in [-0.4, -0.2) is 126 Å². The summed E-state index contributed by atoms with van der Waals surface area (Å²) in [6.45, 7) is 0.800. The first kappa shape index (κ1) is 34.7. The molecule has 0 aliphatic carbocycles. The lowest BCUT2D eigenvalue weighted by Crippen LogP contribution is -2.60. The zero-order chi connectivity index (χ0) is 35.5. The lowest BCUT2D eigenvalue weighted by atomic mass is 9.88. The summed E-state index contributed by atoms with van der Waals surface area (Å²) < 4.78 is 33.1. The SMILES string of the molecule is COC(=O)[C@]1(C)Nc2c(O[C@@H]3O[C@H](CO)[C@@H](O)[C@H](O)[C@H]3O)cc3c(c2C1=O)C[C@H](Br)CN3C(=O)c1cc2cc(OC)c(OC)c(OC)c2[nH]1. The van der Waals surface area contributed by atoms with Crippen LogP contribution in [-0.2, 0) is 20.7 Å². The number of aliphatic hydroxyl groups excluding tert-OH is 4. The lowest BCUT2D eigenvalue weighted by Gasteiger charge is -2.40. The Hall–Kier alpha value is -4.13. The highest BCUT2D eigenvalue weighted by molar-refractivity contribution is 9.09. The molecule has 3 aliphatic heterocycles. The number of halogens is 1. The second-order valence-corrected chi connectivity index (χ2v) is 13.3. The summed E-state index contributed by atoms with van der Waals surface area (Å²) in [5, 5.41) is 44.7. The smallest absolute Gasteiger partial charge is 0.339 e. The number of nitrogens with one attached hydrogen (secondary N) is 2. The third-order valence-corrected chi connectivity index (χ3v) is 9.72. The highest BCUT2D eigenvalue weighted by Gasteiger charge is 2.53. The molecule has 2 aromatic carbocycles. The van der Waals surface area contributed by atoms with Crippen molar-refractivity contribution in [3.63, 3.8) is 0 Å².